The quantitative estimate of drug-likeness (QED) is 0.500. The lowest BCUT2D eigenvalue weighted by molar-refractivity contribution is -0.127. The first-order chi connectivity index (χ1) is 10.1. The van der Waals surface area contributed by atoms with E-state index in [1.165, 1.54) is 9.96 Å². The minimum Gasteiger partial charge on any atom is -0.349 e. The average molecular weight is 318 g/mol. The Morgan fingerprint density at radius 1 is 1.43 bits per heavy atom. The number of carbonyl (C=O) groups is 2. The second kappa shape index (κ2) is 5.98. The molecule has 3 fully saturated rings. The number of alkyl halides is 1. The van der Waals surface area contributed by atoms with Gasteiger partial charge in [0.05, 0.1) is 12.1 Å². The molecule has 0 unspecified atom stereocenters. The summed E-state index contributed by atoms with van der Waals surface area (Å²) in [4.78, 5) is 26.0. The van der Waals surface area contributed by atoms with Crippen LogP contribution in [0.15, 0.2) is 0 Å². The third kappa shape index (κ3) is 2.69. The van der Waals surface area contributed by atoms with Crippen molar-refractivity contribution in [2.45, 2.75) is 43.6 Å². The van der Waals surface area contributed by atoms with Crippen LogP contribution < -0.4 is 10.6 Å². The lowest BCUT2D eigenvalue weighted by Crippen LogP contribution is -2.56. The van der Waals surface area contributed by atoms with Crippen molar-refractivity contribution in [3.63, 3.8) is 0 Å². The predicted octanol–water partition coefficient (Wildman–Crippen LogP) is -0.152. The summed E-state index contributed by atoms with van der Waals surface area (Å²) in [6.45, 7) is 1.38. The van der Waals surface area contributed by atoms with Crippen LogP contribution in [-0.4, -0.2) is 65.8 Å². The van der Waals surface area contributed by atoms with Crippen LogP contribution in [0.1, 0.15) is 19.3 Å². The van der Waals surface area contributed by atoms with Gasteiger partial charge in [-0.25, -0.2) is 13.5 Å². The van der Waals surface area contributed by atoms with Gasteiger partial charge in [0.25, 0.3) is 0 Å². The Labute approximate surface area is 127 Å². The molecule has 118 valence electrons. The van der Waals surface area contributed by atoms with E-state index in [0.29, 0.717) is 32.4 Å². The van der Waals surface area contributed by atoms with Gasteiger partial charge in [-0.05, 0) is 25.8 Å². The molecular weight excluding hydrogens is 299 g/mol. The number of piperidine rings is 2. The molecule has 3 aliphatic heterocycles. The number of amides is 3. The molecule has 3 heterocycles. The Bertz CT molecular complexity index is 441. The van der Waals surface area contributed by atoms with E-state index in [4.69, 9.17) is 4.28 Å². The standard InChI is InChI=1S/C12H19FN4O3S/c13-8-5-14-4-3-9(8)15-11(18)10-2-1-7-6-16(10)12(19)17(7)20-21/h7-10,14,21H,1-6H2,(H,15,18)/t7-,8-,9-,10+/m1/s1. The Hall–Kier alpha value is -1.06. The summed E-state index contributed by atoms with van der Waals surface area (Å²) in [5.74, 6) is -0.280. The molecule has 9 heteroatoms. The number of fused-ring (bicyclic) bond motifs is 2. The predicted molar refractivity (Wildman–Crippen MR) is 75.1 cm³/mol. The third-order valence-electron chi connectivity index (χ3n) is 4.45. The van der Waals surface area contributed by atoms with E-state index in [1.807, 2.05) is 0 Å². The number of halogens is 1. The van der Waals surface area contributed by atoms with Gasteiger partial charge in [0.1, 0.15) is 12.2 Å². The van der Waals surface area contributed by atoms with E-state index < -0.39 is 18.3 Å². The topological polar surface area (TPSA) is 73.9 Å². The Kier molecular flexibility index (Phi) is 4.23. The highest BCUT2D eigenvalue weighted by atomic mass is 32.1. The normalized spacial score (nSPS) is 36.0. The van der Waals surface area contributed by atoms with Crippen molar-refractivity contribution in [3.8, 4) is 0 Å². The highest BCUT2D eigenvalue weighted by Crippen LogP contribution is 2.30. The molecule has 0 saturated carbocycles. The Morgan fingerprint density at radius 2 is 2.24 bits per heavy atom. The largest absolute Gasteiger partial charge is 0.349 e. The first kappa shape index (κ1) is 14.9. The van der Waals surface area contributed by atoms with Gasteiger partial charge in [-0.1, -0.05) is 0 Å². The first-order valence-electron chi connectivity index (χ1n) is 7.18. The zero-order chi connectivity index (χ0) is 15.0. The van der Waals surface area contributed by atoms with Crippen LogP contribution in [0.2, 0.25) is 0 Å². The Morgan fingerprint density at radius 3 is 2.95 bits per heavy atom. The van der Waals surface area contributed by atoms with E-state index in [9.17, 15) is 14.0 Å². The highest BCUT2D eigenvalue weighted by molar-refractivity contribution is 7.75. The number of carbonyl (C=O) groups excluding carboxylic acids is 2. The molecule has 2 bridgehead atoms. The summed E-state index contributed by atoms with van der Waals surface area (Å²) < 4.78 is 18.5. The minimum atomic E-state index is -1.09. The monoisotopic (exact) mass is 318 g/mol. The fourth-order valence-electron chi connectivity index (χ4n) is 3.27. The molecule has 0 aromatic heterocycles. The van der Waals surface area contributed by atoms with Crippen molar-refractivity contribution in [1.29, 1.82) is 0 Å². The maximum Gasteiger partial charge on any atom is 0.345 e. The summed E-state index contributed by atoms with van der Waals surface area (Å²) in [6, 6.07) is -1.45. The summed E-state index contributed by atoms with van der Waals surface area (Å²) in [7, 11) is 0. The van der Waals surface area contributed by atoms with Gasteiger partial charge in [0.15, 0.2) is 0 Å². The van der Waals surface area contributed by atoms with Crippen LogP contribution in [0.3, 0.4) is 0 Å². The number of thiol groups is 1. The zero-order valence-corrected chi connectivity index (χ0v) is 12.4. The SMILES string of the molecule is O=C(N[C@@H]1CCNC[C@H]1F)[C@@H]1CC[C@@H]2CN1C(=O)N2OS. The van der Waals surface area contributed by atoms with Crippen molar-refractivity contribution in [2.24, 2.45) is 0 Å². The van der Waals surface area contributed by atoms with Crippen molar-refractivity contribution >= 4 is 24.8 Å². The van der Waals surface area contributed by atoms with Crippen molar-refractivity contribution in [2.75, 3.05) is 19.6 Å². The Balaban J connectivity index is 1.64. The molecule has 0 spiro atoms. The number of hydrogen-bond donors (Lipinski definition) is 3. The van der Waals surface area contributed by atoms with Crippen LogP contribution in [0, 0.1) is 0 Å². The second-order valence-corrected chi connectivity index (χ2v) is 5.88. The molecule has 3 amide bonds. The maximum absolute atomic E-state index is 13.8. The molecule has 2 N–H and O–H groups in total. The van der Waals surface area contributed by atoms with Crippen molar-refractivity contribution < 1.29 is 18.3 Å². The van der Waals surface area contributed by atoms with Gasteiger partial charge in [0.2, 0.25) is 5.91 Å². The molecule has 21 heavy (non-hydrogen) atoms. The lowest BCUT2D eigenvalue weighted by Gasteiger charge is -2.33. The van der Waals surface area contributed by atoms with Gasteiger partial charge in [0, 0.05) is 26.0 Å². The van der Waals surface area contributed by atoms with Crippen LogP contribution in [0.5, 0.6) is 0 Å². The van der Waals surface area contributed by atoms with Crippen molar-refractivity contribution in [1.82, 2.24) is 20.6 Å². The van der Waals surface area contributed by atoms with Crippen LogP contribution >= 0.6 is 12.9 Å². The van der Waals surface area contributed by atoms with Crippen molar-refractivity contribution in [3.05, 3.63) is 0 Å². The smallest absolute Gasteiger partial charge is 0.345 e. The van der Waals surface area contributed by atoms with Crippen LogP contribution in [-0.2, 0) is 9.08 Å². The van der Waals surface area contributed by atoms with Gasteiger partial charge < -0.3 is 15.5 Å². The maximum atomic E-state index is 13.8. The molecule has 3 rings (SSSR count). The molecule has 0 radical (unpaired) electrons. The first-order valence-corrected chi connectivity index (χ1v) is 7.55. The summed E-state index contributed by atoms with van der Waals surface area (Å²) in [6.07, 6.45) is 0.692. The fourth-order valence-corrected chi connectivity index (χ4v) is 3.48. The number of urea groups is 1. The number of rotatable bonds is 3. The third-order valence-corrected chi connectivity index (χ3v) is 4.63. The van der Waals surface area contributed by atoms with Gasteiger partial charge >= 0.3 is 6.03 Å². The van der Waals surface area contributed by atoms with Crippen LogP contribution in [0.25, 0.3) is 0 Å². The average Bonchev–Trinajstić information content (AvgIpc) is 2.73. The number of hydroxylamine groups is 2. The number of nitrogens with one attached hydrogen (secondary N) is 2. The molecule has 0 aliphatic carbocycles. The number of hydrogen-bond acceptors (Lipinski definition) is 5. The molecule has 0 aromatic carbocycles. The molecule has 3 aliphatic rings. The molecule has 0 aromatic rings. The molecule has 7 nitrogen and oxygen atoms in total. The van der Waals surface area contributed by atoms with Gasteiger partial charge in [-0.15, -0.1) is 0 Å². The van der Waals surface area contributed by atoms with Crippen LogP contribution in [0.4, 0.5) is 9.18 Å². The number of nitrogens with zero attached hydrogens (tertiary/aromatic N) is 2. The summed E-state index contributed by atoms with van der Waals surface area (Å²) in [5, 5.41) is 6.88. The summed E-state index contributed by atoms with van der Waals surface area (Å²) in [5.41, 5.74) is 0. The van der Waals surface area contributed by atoms with Gasteiger partial charge in [-0.2, -0.15) is 5.06 Å². The second-order valence-electron chi connectivity index (χ2n) is 5.71. The van der Waals surface area contributed by atoms with Gasteiger partial charge in [-0.3, -0.25) is 4.79 Å². The van der Waals surface area contributed by atoms with E-state index in [2.05, 4.69) is 23.5 Å². The highest BCUT2D eigenvalue weighted by Gasteiger charge is 2.48. The van der Waals surface area contributed by atoms with E-state index in [1.54, 1.807) is 0 Å². The lowest BCUT2D eigenvalue weighted by atomic mass is 9.98. The van der Waals surface area contributed by atoms with E-state index in [-0.39, 0.29) is 24.5 Å². The van der Waals surface area contributed by atoms with E-state index in [0.717, 1.165) is 0 Å². The molecular formula is C12H19FN4O3S. The van der Waals surface area contributed by atoms with E-state index >= 15 is 0 Å². The minimum absolute atomic E-state index is 0.0631. The molecule has 3 saturated heterocycles. The zero-order valence-electron chi connectivity index (χ0n) is 11.5. The fraction of sp³-hybridized carbons (Fsp3) is 0.833. The summed E-state index contributed by atoms with van der Waals surface area (Å²) >= 11 is 3.68. The molecule has 4 atom stereocenters.